The van der Waals surface area contributed by atoms with Gasteiger partial charge in [-0.2, -0.15) is 0 Å². The van der Waals surface area contributed by atoms with Crippen molar-refractivity contribution in [2.45, 2.75) is 37.8 Å². The number of primary amides is 1. The third kappa shape index (κ3) is 5.42. The number of rotatable bonds is 7. The molecule has 1 rings (SSSR count). The van der Waals surface area contributed by atoms with E-state index in [0.29, 0.717) is 19.1 Å². The van der Waals surface area contributed by atoms with Crippen LogP contribution in [0.1, 0.15) is 25.7 Å². The summed E-state index contributed by atoms with van der Waals surface area (Å²) in [6.07, 6.45) is 3.31. The average Bonchev–Trinajstić information content (AvgIpc) is 2.68. The van der Waals surface area contributed by atoms with Gasteiger partial charge in [0.15, 0.2) is 0 Å². The quantitative estimate of drug-likeness (QED) is 0.549. The van der Waals surface area contributed by atoms with Crippen LogP contribution < -0.4 is 5.73 Å². The van der Waals surface area contributed by atoms with Gasteiger partial charge in [0.25, 0.3) is 0 Å². The van der Waals surface area contributed by atoms with Gasteiger partial charge in [-0.25, -0.2) is 0 Å². The van der Waals surface area contributed by atoms with Crippen molar-refractivity contribution in [2.75, 3.05) is 34.3 Å². The van der Waals surface area contributed by atoms with Crippen molar-refractivity contribution >= 4 is 23.1 Å². The highest BCUT2D eigenvalue weighted by Gasteiger charge is 2.33. The molecule has 2 atom stereocenters. The Balaban J connectivity index is 2.23. The minimum atomic E-state index is -0.239. The third-order valence-corrected chi connectivity index (χ3v) is 4.04. The lowest BCUT2D eigenvalue weighted by Gasteiger charge is -2.24. The van der Waals surface area contributed by atoms with Crippen LogP contribution in [0.2, 0.25) is 0 Å². The van der Waals surface area contributed by atoms with Gasteiger partial charge in [-0.15, -0.1) is 0 Å². The smallest absolute Gasteiger partial charge is 0.217 e. The van der Waals surface area contributed by atoms with Crippen molar-refractivity contribution in [3.05, 3.63) is 0 Å². The maximum atomic E-state index is 10.6. The number of hydrogen-bond donors (Lipinski definition) is 1. The summed E-state index contributed by atoms with van der Waals surface area (Å²) >= 11 is 5.43. The van der Waals surface area contributed by atoms with Gasteiger partial charge >= 0.3 is 0 Å². The Morgan fingerprint density at radius 1 is 1.47 bits per heavy atom. The van der Waals surface area contributed by atoms with Crippen molar-refractivity contribution in [1.82, 2.24) is 9.80 Å². The summed E-state index contributed by atoms with van der Waals surface area (Å²) < 4.78 is 5.84. The Kier molecular flexibility index (Phi) is 6.68. The highest BCUT2D eigenvalue weighted by atomic mass is 32.1. The predicted molar refractivity (Wildman–Crippen MR) is 80.1 cm³/mol. The minimum Gasteiger partial charge on any atom is -0.377 e. The molecule has 1 amide bonds. The van der Waals surface area contributed by atoms with Crippen molar-refractivity contribution in [1.29, 1.82) is 0 Å². The number of ether oxygens (including phenoxy) is 1. The third-order valence-electron chi connectivity index (χ3n) is 3.41. The van der Waals surface area contributed by atoms with Gasteiger partial charge < -0.3 is 15.4 Å². The van der Waals surface area contributed by atoms with E-state index in [4.69, 9.17) is 22.7 Å². The molecule has 0 aliphatic carbocycles. The Morgan fingerprint density at radius 3 is 2.74 bits per heavy atom. The molecule has 1 aliphatic rings. The number of likely N-dealkylation sites (N-methyl/N-ethyl adjacent to an activating group) is 2. The molecule has 0 spiro atoms. The van der Waals surface area contributed by atoms with E-state index in [1.54, 1.807) is 0 Å². The monoisotopic (exact) mass is 287 g/mol. The highest BCUT2D eigenvalue weighted by Crippen LogP contribution is 2.21. The van der Waals surface area contributed by atoms with Crippen LogP contribution in [0.4, 0.5) is 0 Å². The van der Waals surface area contributed by atoms with Crippen LogP contribution in [0.5, 0.6) is 0 Å². The van der Waals surface area contributed by atoms with Crippen LogP contribution in [0.15, 0.2) is 0 Å². The summed E-state index contributed by atoms with van der Waals surface area (Å²) in [6.45, 7) is 1.60. The van der Waals surface area contributed by atoms with Crippen LogP contribution in [0, 0.1) is 0 Å². The molecule has 0 aromatic heterocycles. The zero-order chi connectivity index (χ0) is 14.4. The predicted octanol–water partition coefficient (Wildman–Crippen LogP) is 0.620. The largest absolute Gasteiger partial charge is 0.377 e. The molecule has 0 unspecified atom stereocenters. The molecule has 0 saturated carbocycles. The van der Waals surface area contributed by atoms with E-state index < -0.39 is 0 Å². The molecule has 0 radical (unpaired) electrons. The number of unbranched alkanes of at least 4 members (excludes halogenated alkanes) is 1. The van der Waals surface area contributed by atoms with E-state index in [9.17, 15) is 4.79 Å². The van der Waals surface area contributed by atoms with Gasteiger partial charge in [0.05, 0.1) is 17.1 Å². The number of likely N-dealkylation sites (tertiary alicyclic amines) is 1. The van der Waals surface area contributed by atoms with Crippen molar-refractivity contribution in [2.24, 2.45) is 5.73 Å². The molecular weight excluding hydrogens is 262 g/mol. The van der Waals surface area contributed by atoms with E-state index >= 15 is 0 Å². The summed E-state index contributed by atoms with van der Waals surface area (Å²) in [5, 5.41) is 0. The summed E-state index contributed by atoms with van der Waals surface area (Å²) in [6, 6.07) is 0.292. The molecular formula is C13H25N3O2S. The fraction of sp³-hybridized carbons (Fsp3) is 0.846. The second-order valence-corrected chi connectivity index (χ2v) is 5.76. The second-order valence-electron chi connectivity index (χ2n) is 5.34. The Labute approximate surface area is 121 Å². The SMILES string of the molecule is CN(C)C(=S)[C@@H]1C[C@@H](OCCCCC(N)=O)CN1C. The van der Waals surface area contributed by atoms with E-state index in [0.717, 1.165) is 30.8 Å². The van der Waals surface area contributed by atoms with Crippen molar-refractivity contribution in [3.63, 3.8) is 0 Å². The number of nitrogens with zero attached hydrogens (tertiary/aromatic N) is 2. The summed E-state index contributed by atoms with van der Waals surface area (Å²) in [4.78, 5) is 15.8. The van der Waals surface area contributed by atoms with Crippen molar-refractivity contribution < 1.29 is 9.53 Å². The van der Waals surface area contributed by atoms with Crippen LogP contribution >= 0.6 is 12.2 Å². The van der Waals surface area contributed by atoms with Crippen LogP contribution in [0.25, 0.3) is 0 Å². The van der Waals surface area contributed by atoms with E-state index in [1.165, 1.54) is 0 Å². The Hall–Kier alpha value is -0.720. The average molecular weight is 287 g/mol. The number of hydrogen-bond acceptors (Lipinski definition) is 4. The molecule has 110 valence electrons. The standard InChI is InChI=1S/C13H25N3O2S/c1-15(2)13(19)11-8-10(9-16(11)3)18-7-5-4-6-12(14)17/h10-11H,4-9H2,1-3H3,(H2,14,17)/t10-,11+/m1/s1. The molecule has 2 N–H and O–H groups in total. The lowest BCUT2D eigenvalue weighted by atomic mass is 10.2. The summed E-state index contributed by atoms with van der Waals surface area (Å²) in [5.74, 6) is -0.239. The van der Waals surface area contributed by atoms with E-state index in [-0.39, 0.29) is 12.0 Å². The lowest BCUT2D eigenvalue weighted by Crippen LogP contribution is -2.39. The first-order chi connectivity index (χ1) is 8.91. The van der Waals surface area contributed by atoms with Crippen molar-refractivity contribution in [3.8, 4) is 0 Å². The molecule has 1 saturated heterocycles. The van der Waals surface area contributed by atoms with Crippen LogP contribution in [-0.2, 0) is 9.53 Å². The summed E-state index contributed by atoms with van der Waals surface area (Å²) in [7, 11) is 6.04. The first kappa shape index (κ1) is 16.3. The number of amides is 1. The first-order valence-electron chi connectivity index (χ1n) is 6.73. The summed E-state index contributed by atoms with van der Waals surface area (Å²) in [5.41, 5.74) is 5.09. The molecule has 0 aromatic rings. The number of nitrogens with two attached hydrogens (primary N) is 1. The molecule has 19 heavy (non-hydrogen) atoms. The number of carbonyl (C=O) groups excluding carboxylic acids is 1. The zero-order valence-corrected chi connectivity index (χ0v) is 12.9. The maximum Gasteiger partial charge on any atom is 0.217 e. The van der Waals surface area contributed by atoms with Gasteiger partial charge in [-0.3, -0.25) is 9.69 Å². The van der Waals surface area contributed by atoms with Gasteiger partial charge in [-0.05, 0) is 26.3 Å². The van der Waals surface area contributed by atoms with Gasteiger partial charge in [0.2, 0.25) is 5.91 Å². The normalized spacial score (nSPS) is 23.5. The molecule has 6 heteroatoms. The maximum absolute atomic E-state index is 10.6. The van der Waals surface area contributed by atoms with Gasteiger partial charge in [0.1, 0.15) is 0 Å². The van der Waals surface area contributed by atoms with E-state index in [2.05, 4.69) is 11.9 Å². The first-order valence-corrected chi connectivity index (χ1v) is 7.14. The molecule has 0 aromatic carbocycles. The van der Waals surface area contributed by atoms with Crippen LogP contribution in [0.3, 0.4) is 0 Å². The fourth-order valence-corrected chi connectivity index (χ4v) is 2.59. The lowest BCUT2D eigenvalue weighted by molar-refractivity contribution is -0.118. The Morgan fingerprint density at radius 2 is 2.16 bits per heavy atom. The molecule has 1 heterocycles. The zero-order valence-electron chi connectivity index (χ0n) is 12.1. The highest BCUT2D eigenvalue weighted by molar-refractivity contribution is 7.80. The Bertz CT molecular complexity index is 323. The number of thiocarbonyl (C=S) groups is 1. The van der Waals surface area contributed by atoms with Gasteiger partial charge in [-0.1, -0.05) is 12.2 Å². The molecule has 1 aliphatic heterocycles. The minimum absolute atomic E-state index is 0.237. The molecule has 0 bridgehead atoms. The molecule has 1 fully saturated rings. The molecule has 5 nitrogen and oxygen atoms in total. The topological polar surface area (TPSA) is 58.8 Å². The van der Waals surface area contributed by atoms with E-state index in [1.807, 2.05) is 19.0 Å². The van der Waals surface area contributed by atoms with Crippen LogP contribution in [-0.4, -0.2) is 67.1 Å². The fourth-order valence-electron chi connectivity index (χ4n) is 2.31. The second kappa shape index (κ2) is 7.77. The van der Waals surface area contributed by atoms with Gasteiger partial charge in [0, 0.05) is 33.7 Å². The number of carbonyl (C=O) groups is 1.